The van der Waals surface area contributed by atoms with Gasteiger partial charge in [-0.1, -0.05) is 29.8 Å². The van der Waals surface area contributed by atoms with E-state index in [1.807, 2.05) is 34.5 Å². The Bertz CT molecular complexity index is 1010. The molecule has 2 heterocycles. The van der Waals surface area contributed by atoms with Crippen molar-refractivity contribution in [3.63, 3.8) is 0 Å². The Morgan fingerprint density at radius 3 is 2.53 bits per heavy atom. The highest BCUT2D eigenvalue weighted by Gasteiger charge is 2.22. The topological polar surface area (TPSA) is 54.9 Å². The van der Waals surface area contributed by atoms with Crippen LogP contribution in [0.3, 0.4) is 0 Å². The molecule has 1 aliphatic heterocycles. The second-order valence-corrected chi connectivity index (χ2v) is 8.71. The maximum atomic E-state index is 13.4. The van der Waals surface area contributed by atoms with E-state index in [2.05, 4.69) is 36.1 Å². The van der Waals surface area contributed by atoms with Gasteiger partial charge in [0.05, 0.1) is 26.0 Å². The van der Waals surface area contributed by atoms with Crippen molar-refractivity contribution in [3.05, 3.63) is 65.0 Å². The normalized spacial score (nSPS) is 14.3. The van der Waals surface area contributed by atoms with E-state index in [9.17, 15) is 4.79 Å². The van der Waals surface area contributed by atoms with Gasteiger partial charge in [0.2, 0.25) is 0 Å². The molecule has 0 N–H and O–H groups in total. The van der Waals surface area contributed by atoms with Crippen molar-refractivity contribution in [1.82, 2.24) is 9.88 Å². The van der Waals surface area contributed by atoms with Gasteiger partial charge in [0.15, 0.2) is 5.13 Å². The van der Waals surface area contributed by atoms with Crippen molar-refractivity contribution in [2.45, 2.75) is 13.3 Å². The summed E-state index contributed by atoms with van der Waals surface area (Å²) < 4.78 is 10.7. The van der Waals surface area contributed by atoms with E-state index < -0.39 is 0 Å². The van der Waals surface area contributed by atoms with Gasteiger partial charge in [0.1, 0.15) is 5.75 Å². The maximum absolute atomic E-state index is 13.4. The van der Waals surface area contributed by atoms with E-state index in [1.54, 1.807) is 7.11 Å². The molecule has 6 nitrogen and oxygen atoms in total. The van der Waals surface area contributed by atoms with Crippen LogP contribution in [0, 0.1) is 6.92 Å². The highest BCUT2D eigenvalue weighted by atomic mass is 32.1. The van der Waals surface area contributed by atoms with Crippen LogP contribution in [0.5, 0.6) is 5.75 Å². The van der Waals surface area contributed by atoms with Crippen LogP contribution in [-0.2, 0) is 4.74 Å². The third-order valence-corrected chi connectivity index (χ3v) is 6.48. The molecule has 0 unspecified atom stereocenters. The summed E-state index contributed by atoms with van der Waals surface area (Å²) in [6.45, 7) is 7.07. The van der Waals surface area contributed by atoms with Crippen molar-refractivity contribution in [1.29, 1.82) is 0 Å². The summed E-state index contributed by atoms with van der Waals surface area (Å²) in [5, 5.41) is 2.75. The number of aromatic nitrogens is 1. The summed E-state index contributed by atoms with van der Waals surface area (Å²) in [5.74, 6) is 0.691. The molecule has 1 aromatic heterocycles. The van der Waals surface area contributed by atoms with Crippen LogP contribution in [0.2, 0.25) is 0 Å². The number of thiazole rings is 1. The minimum Gasteiger partial charge on any atom is -0.497 e. The van der Waals surface area contributed by atoms with E-state index in [0.29, 0.717) is 12.1 Å². The first-order valence-electron chi connectivity index (χ1n) is 10.9. The van der Waals surface area contributed by atoms with Crippen molar-refractivity contribution < 1.29 is 14.3 Å². The number of morpholine rings is 1. The van der Waals surface area contributed by atoms with Crippen molar-refractivity contribution in [3.8, 4) is 17.0 Å². The van der Waals surface area contributed by atoms with Gasteiger partial charge in [-0.05, 0) is 37.6 Å². The van der Waals surface area contributed by atoms with Gasteiger partial charge in [-0.25, -0.2) is 4.98 Å². The molecule has 3 aromatic rings. The Morgan fingerprint density at radius 2 is 1.84 bits per heavy atom. The zero-order valence-corrected chi connectivity index (χ0v) is 19.4. The number of aryl methyl sites for hydroxylation is 1. The van der Waals surface area contributed by atoms with Crippen LogP contribution in [-0.4, -0.2) is 62.3 Å². The van der Waals surface area contributed by atoms with E-state index in [-0.39, 0.29) is 5.91 Å². The monoisotopic (exact) mass is 451 g/mol. The fourth-order valence-electron chi connectivity index (χ4n) is 3.70. The summed E-state index contributed by atoms with van der Waals surface area (Å²) in [6.07, 6.45) is 0.876. The first kappa shape index (κ1) is 22.5. The number of methoxy groups -OCH3 is 1. The van der Waals surface area contributed by atoms with Gasteiger partial charge in [-0.15, -0.1) is 11.3 Å². The van der Waals surface area contributed by atoms with Crippen LogP contribution < -0.4 is 9.64 Å². The predicted octanol–water partition coefficient (Wildman–Crippen LogP) is 4.50. The number of hydrogen-bond donors (Lipinski definition) is 0. The van der Waals surface area contributed by atoms with E-state index >= 15 is 0 Å². The fraction of sp³-hybridized carbons (Fsp3) is 0.360. The summed E-state index contributed by atoms with van der Waals surface area (Å²) in [5.41, 5.74) is 3.79. The van der Waals surface area contributed by atoms with Crippen molar-refractivity contribution >= 4 is 22.4 Å². The van der Waals surface area contributed by atoms with E-state index in [1.165, 1.54) is 16.9 Å². The number of nitrogens with zero attached hydrogens (tertiary/aromatic N) is 3. The molecule has 1 aliphatic rings. The molecule has 0 bridgehead atoms. The molecule has 1 saturated heterocycles. The lowest BCUT2D eigenvalue weighted by Crippen LogP contribution is -2.39. The third-order valence-electron chi connectivity index (χ3n) is 5.61. The lowest BCUT2D eigenvalue weighted by molar-refractivity contribution is 0.0376. The van der Waals surface area contributed by atoms with Crippen LogP contribution in [0.4, 0.5) is 5.13 Å². The highest BCUT2D eigenvalue weighted by Crippen LogP contribution is 2.29. The summed E-state index contributed by atoms with van der Waals surface area (Å²) >= 11 is 1.51. The Hall–Kier alpha value is -2.74. The SMILES string of the molecule is COc1ccc(C(=O)N(CCCN2CCOCC2)c2nc(-c3ccc(C)cc3)cs2)cc1. The van der Waals surface area contributed by atoms with E-state index in [0.717, 1.165) is 61.4 Å². The second-order valence-electron chi connectivity index (χ2n) is 7.87. The molecule has 0 radical (unpaired) electrons. The standard InChI is InChI=1S/C25H29N3O3S/c1-19-4-6-20(7-5-19)23-18-32-25(26-23)28(13-3-12-27-14-16-31-17-15-27)24(29)21-8-10-22(30-2)11-9-21/h4-11,18H,3,12-17H2,1-2H3. The average molecular weight is 452 g/mol. The van der Waals surface area contributed by atoms with Gasteiger partial charge >= 0.3 is 0 Å². The fourth-order valence-corrected chi connectivity index (χ4v) is 4.55. The minimum absolute atomic E-state index is 0.0422. The average Bonchev–Trinajstić information content (AvgIpc) is 3.32. The first-order valence-corrected chi connectivity index (χ1v) is 11.8. The summed E-state index contributed by atoms with van der Waals surface area (Å²) in [7, 11) is 1.62. The van der Waals surface area contributed by atoms with Crippen LogP contribution >= 0.6 is 11.3 Å². The first-order chi connectivity index (χ1) is 15.6. The molecule has 0 saturated carbocycles. The van der Waals surface area contributed by atoms with Crippen LogP contribution in [0.15, 0.2) is 53.9 Å². The number of carbonyl (C=O) groups is 1. The summed E-state index contributed by atoms with van der Waals surface area (Å²) in [6, 6.07) is 15.6. The number of anilines is 1. The molecule has 0 spiro atoms. The highest BCUT2D eigenvalue weighted by molar-refractivity contribution is 7.14. The molecular weight excluding hydrogens is 422 g/mol. The van der Waals surface area contributed by atoms with Gasteiger partial charge in [-0.3, -0.25) is 14.6 Å². The van der Waals surface area contributed by atoms with Gasteiger partial charge < -0.3 is 9.47 Å². The van der Waals surface area contributed by atoms with Crippen molar-refractivity contribution in [2.75, 3.05) is 51.4 Å². The number of benzene rings is 2. The van der Waals surface area contributed by atoms with Gasteiger partial charge in [0, 0.05) is 42.7 Å². The number of carbonyl (C=O) groups excluding carboxylic acids is 1. The molecular formula is C25H29N3O3S. The number of rotatable bonds is 8. The maximum Gasteiger partial charge on any atom is 0.260 e. The minimum atomic E-state index is -0.0422. The Labute approximate surface area is 193 Å². The number of amides is 1. The molecule has 0 aliphatic carbocycles. The molecule has 1 fully saturated rings. The summed E-state index contributed by atoms with van der Waals surface area (Å²) in [4.78, 5) is 22.5. The van der Waals surface area contributed by atoms with Crippen LogP contribution in [0.25, 0.3) is 11.3 Å². The van der Waals surface area contributed by atoms with Gasteiger partial charge in [-0.2, -0.15) is 0 Å². The van der Waals surface area contributed by atoms with E-state index in [4.69, 9.17) is 14.5 Å². The third kappa shape index (κ3) is 5.54. The predicted molar refractivity (Wildman–Crippen MR) is 129 cm³/mol. The molecule has 32 heavy (non-hydrogen) atoms. The lowest BCUT2D eigenvalue weighted by atomic mass is 10.1. The largest absolute Gasteiger partial charge is 0.497 e. The zero-order valence-electron chi connectivity index (χ0n) is 18.6. The molecule has 4 rings (SSSR count). The smallest absolute Gasteiger partial charge is 0.260 e. The Balaban J connectivity index is 1.53. The van der Waals surface area contributed by atoms with Crippen LogP contribution in [0.1, 0.15) is 22.3 Å². The molecule has 168 valence electrons. The van der Waals surface area contributed by atoms with Gasteiger partial charge in [0.25, 0.3) is 5.91 Å². The zero-order chi connectivity index (χ0) is 22.3. The number of hydrogen-bond acceptors (Lipinski definition) is 6. The molecule has 2 aromatic carbocycles. The molecule has 1 amide bonds. The molecule has 0 atom stereocenters. The molecule has 7 heteroatoms. The quantitative estimate of drug-likeness (QED) is 0.505. The Kier molecular flexibility index (Phi) is 7.52. The lowest BCUT2D eigenvalue weighted by Gasteiger charge is -2.27. The second kappa shape index (κ2) is 10.7. The Morgan fingerprint density at radius 1 is 1.12 bits per heavy atom. The van der Waals surface area contributed by atoms with Crippen molar-refractivity contribution in [2.24, 2.45) is 0 Å². The number of ether oxygens (including phenoxy) is 2.